The van der Waals surface area contributed by atoms with Gasteiger partial charge in [0.25, 0.3) is 0 Å². The highest BCUT2D eigenvalue weighted by Gasteiger charge is 2.11. The quantitative estimate of drug-likeness (QED) is 0.654. The molecule has 0 unspecified atom stereocenters. The van der Waals surface area contributed by atoms with E-state index in [0.717, 1.165) is 23.6 Å². The Morgan fingerprint density at radius 3 is 2.85 bits per heavy atom. The number of Topliss-reactive ketones (excluding diaryl/α,β-unsaturated/α-hetero) is 1. The van der Waals surface area contributed by atoms with Crippen molar-refractivity contribution < 1.29 is 9.53 Å². The molecule has 1 N–H and O–H groups in total. The molecule has 20 heavy (non-hydrogen) atoms. The van der Waals surface area contributed by atoms with Crippen molar-refractivity contribution in [1.82, 2.24) is 15.2 Å². The van der Waals surface area contributed by atoms with E-state index in [1.54, 1.807) is 13.2 Å². The number of H-pyrrole nitrogens is 1. The lowest BCUT2D eigenvalue weighted by Gasteiger charge is -2.06. The normalized spacial score (nSPS) is 10.6. The molecule has 6 heteroatoms. The molecule has 1 heterocycles. The van der Waals surface area contributed by atoms with Crippen LogP contribution in [0.4, 0.5) is 0 Å². The van der Waals surface area contributed by atoms with E-state index in [1.165, 1.54) is 11.8 Å². The Labute approximate surface area is 122 Å². The van der Waals surface area contributed by atoms with Gasteiger partial charge in [0, 0.05) is 12.0 Å². The first-order valence-corrected chi connectivity index (χ1v) is 7.34. The highest BCUT2D eigenvalue weighted by molar-refractivity contribution is 7.99. The van der Waals surface area contributed by atoms with Crippen molar-refractivity contribution in [3.8, 4) is 5.75 Å². The van der Waals surface area contributed by atoms with Crippen LogP contribution in [0.2, 0.25) is 0 Å². The first-order chi connectivity index (χ1) is 9.63. The van der Waals surface area contributed by atoms with Crippen molar-refractivity contribution in [2.45, 2.75) is 25.4 Å². The van der Waals surface area contributed by atoms with Crippen molar-refractivity contribution in [1.29, 1.82) is 0 Å². The van der Waals surface area contributed by atoms with E-state index in [4.69, 9.17) is 4.74 Å². The number of benzene rings is 1. The summed E-state index contributed by atoms with van der Waals surface area (Å²) in [6.45, 7) is 3.92. The summed E-state index contributed by atoms with van der Waals surface area (Å²) in [5, 5.41) is 7.50. The van der Waals surface area contributed by atoms with Crippen LogP contribution in [0.1, 0.15) is 28.7 Å². The van der Waals surface area contributed by atoms with Gasteiger partial charge in [-0.1, -0.05) is 18.7 Å². The zero-order valence-electron chi connectivity index (χ0n) is 11.8. The molecule has 0 aliphatic heterocycles. The fourth-order valence-electron chi connectivity index (χ4n) is 1.77. The van der Waals surface area contributed by atoms with Gasteiger partial charge in [0.05, 0.1) is 12.9 Å². The van der Waals surface area contributed by atoms with Crippen LogP contribution in [0, 0.1) is 6.92 Å². The van der Waals surface area contributed by atoms with Crippen LogP contribution >= 0.6 is 11.8 Å². The monoisotopic (exact) mass is 291 g/mol. The first-order valence-electron chi connectivity index (χ1n) is 6.36. The zero-order chi connectivity index (χ0) is 14.5. The summed E-state index contributed by atoms with van der Waals surface area (Å²) in [6.07, 6.45) is 0.805. The average molecular weight is 291 g/mol. The number of aromatic amines is 1. The van der Waals surface area contributed by atoms with E-state index < -0.39 is 0 Å². The lowest BCUT2D eigenvalue weighted by atomic mass is 10.1. The topological polar surface area (TPSA) is 67.9 Å². The largest absolute Gasteiger partial charge is 0.496 e. The summed E-state index contributed by atoms with van der Waals surface area (Å²) in [4.78, 5) is 16.4. The number of rotatable bonds is 6. The van der Waals surface area contributed by atoms with Crippen molar-refractivity contribution >= 4 is 17.5 Å². The number of thioether (sulfide) groups is 1. The molecule has 0 fully saturated rings. The minimum Gasteiger partial charge on any atom is -0.496 e. The smallest absolute Gasteiger partial charge is 0.208 e. The second-order valence-corrected chi connectivity index (χ2v) is 5.26. The van der Waals surface area contributed by atoms with Gasteiger partial charge in [0.1, 0.15) is 11.6 Å². The Balaban J connectivity index is 1.99. The third-order valence-electron chi connectivity index (χ3n) is 2.90. The predicted octanol–water partition coefficient (Wildman–Crippen LogP) is 2.66. The minimum atomic E-state index is 0.0589. The van der Waals surface area contributed by atoms with E-state index >= 15 is 0 Å². The van der Waals surface area contributed by atoms with Gasteiger partial charge in [-0.2, -0.15) is 0 Å². The average Bonchev–Trinajstić information content (AvgIpc) is 2.92. The number of hydrogen-bond donors (Lipinski definition) is 1. The van der Waals surface area contributed by atoms with Gasteiger partial charge < -0.3 is 4.74 Å². The summed E-state index contributed by atoms with van der Waals surface area (Å²) in [5.41, 5.74) is 1.64. The Morgan fingerprint density at radius 2 is 2.25 bits per heavy atom. The number of aromatic nitrogens is 3. The summed E-state index contributed by atoms with van der Waals surface area (Å²) in [7, 11) is 1.62. The highest BCUT2D eigenvalue weighted by Crippen LogP contribution is 2.20. The van der Waals surface area contributed by atoms with E-state index in [-0.39, 0.29) is 5.78 Å². The number of aryl methyl sites for hydroxylation is 2. The summed E-state index contributed by atoms with van der Waals surface area (Å²) in [6, 6.07) is 5.44. The number of nitrogens with zero attached hydrogens (tertiary/aromatic N) is 2. The van der Waals surface area contributed by atoms with Crippen molar-refractivity contribution in [3.05, 3.63) is 35.2 Å². The molecule has 1 aromatic carbocycles. The van der Waals surface area contributed by atoms with Crippen LogP contribution in [0.15, 0.2) is 23.4 Å². The zero-order valence-corrected chi connectivity index (χ0v) is 12.6. The van der Waals surface area contributed by atoms with Gasteiger partial charge in [-0.3, -0.25) is 9.89 Å². The standard InChI is InChI=1S/C14H17N3O2S/c1-4-13-15-14(17-16-13)20-8-11(18)10-5-6-12(19-3)9(2)7-10/h5-7H,4,8H2,1-3H3,(H,15,16,17). The van der Waals surface area contributed by atoms with Crippen molar-refractivity contribution in [2.24, 2.45) is 0 Å². The number of ether oxygens (including phenoxy) is 1. The molecule has 2 aromatic rings. The lowest BCUT2D eigenvalue weighted by molar-refractivity contribution is 0.102. The molecule has 2 rings (SSSR count). The number of carbonyl (C=O) groups excluding carboxylic acids is 1. The van der Waals surface area contributed by atoms with Gasteiger partial charge in [-0.15, -0.1) is 5.10 Å². The molecule has 1 aromatic heterocycles. The molecule has 0 spiro atoms. The fourth-order valence-corrected chi connectivity index (χ4v) is 2.48. The number of hydrogen-bond acceptors (Lipinski definition) is 5. The lowest BCUT2D eigenvalue weighted by Crippen LogP contribution is -2.03. The van der Waals surface area contributed by atoms with Gasteiger partial charge in [-0.05, 0) is 30.7 Å². The molecule has 5 nitrogen and oxygen atoms in total. The Kier molecular flexibility index (Phi) is 4.79. The minimum absolute atomic E-state index is 0.0589. The molecule has 106 valence electrons. The molecule has 0 aliphatic rings. The number of carbonyl (C=O) groups is 1. The van der Waals surface area contributed by atoms with Crippen LogP contribution in [-0.2, 0) is 6.42 Å². The Bertz CT molecular complexity index is 610. The summed E-state index contributed by atoms with van der Waals surface area (Å²) in [5.74, 6) is 2.01. The van der Waals surface area contributed by atoms with Crippen LogP contribution in [0.3, 0.4) is 0 Å². The summed E-state index contributed by atoms with van der Waals surface area (Å²) >= 11 is 1.34. The van der Waals surface area contributed by atoms with Gasteiger partial charge in [-0.25, -0.2) is 4.98 Å². The number of methoxy groups -OCH3 is 1. The van der Waals surface area contributed by atoms with Gasteiger partial charge in [0.2, 0.25) is 5.16 Å². The molecule has 0 saturated heterocycles. The molecule has 0 saturated carbocycles. The fraction of sp³-hybridized carbons (Fsp3) is 0.357. The van der Waals surface area contributed by atoms with Crippen molar-refractivity contribution in [3.63, 3.8) is 0 Å². The summed E-state index contributed by atoms with van der Waals surface area (Å²) < 4.78 is 5.18. The van der Waals surface area contributed by atoms with E-state index in [2.05, 4.69) is 15.2 Å². The molecule has 0 atom stereocenters. The maximum atomic E-state index is 12.1. The second-order valence-electron chi connectivity index (χ2n) is 4.31. The van der Waals surface area contributed by atoms with E-state index in [0.29, 0.717) is 16.5 Å². The molecule has 0 radical (unpaired) electrons. The predicted molar refractivity (Wildman–Crippen MR) is 78.5 cm³/mol. The van der Waals surface area contributed by atoms with E-state index in [9.17, 15) is 4.79 Å². The second kappa shape index (κ2) is 6.56. The number of ketones is 1. The van der Waals surface area contributed by atoms with E-state index in [1.807, 2.05) is 26.0 Å². The van der Waals surface area contributed by atoms with Crippen LogP contribution in [-0.4, -0.2) is 33.8 Å². The first kappa shape index (κ1) is 14.6. The number of nitrogens with one attached hydrogen (secondary N) is 1. The highest BCUT2D eigenvalue weighted by atomic mass is 32.2. The Hall–Kier alpha value is -1.82. The third-order valence-corrected chi connectivity index (χ3v) is 3.74. The molecular weight excluding hydrogens is 274 g/mol. The van der Waals surface area contributed by atoms with Crippen LogP contribution in [0.25, 0.3) is 0 Å². The van der Waals surface area contributed by atoms with Gasteiger partial charge in [0.15, 0.2) is 5.78 Å². The maximum Gasteiger partial charge on any atom is 0.208 e. The SMILES string of the molecule is CCc1nc(SCC(=O)c2ccc(OC)c(C)c2)n[nH]1. The third kappa shape index (κ3) is 3.39. The Morgan fingerprint density at radius 1 is 1.45 bits per heavy atom. The van der Waals surface area contributed by atoms with Gasteiger partial charge >= 0.3 is 0 Å². The molecular formula is C14H17N3O2S. The molecule has 0 amide bonds. The molecule has 0 aliphatic carbocycles. The maximum absolute atomic E-state index is 12.1. The molecule has 0 bridgehead atoms. The van der Waals surface area contributed by atoms with Crippen LogP contribution < -0.4 is 4.74 Å². The van der Waals surface area contributed by atoms with Crippen LogP contribution in [0.5, 0.6) is 5.75 Å². The van der Waals surface area contributed by atoms with Crippen molar-refractivity contribution in [2.75, 3.05) is 12.9 Å².